The molecule has 0 saturated carbocycles. The van der Waals surface area contributed by atoms with Gasteiger partial charge in [-0.25, -0.2) is 8.42 Å². The van der Waals surface area contributed by atoms with Crippen LogP contribution in [0.15, 0.2) is 12.2 Å². The minimum absolute atomic E-state index is 0. The van der Waals surface area contributed by atoms with Gasteiger partial charge in [-0.05, 0) is 26.7 Å². The van der Waals surface area contributed by atoms with Crippen molar-refractivity contribution in [3.63, 3.8) is 0 Å². The Hall–Kier alpha value is -0.960. The number of amides is 1. The van der Waals surface area contributed by atoms with Crippen LogP contribution >= 0.6 is 0 Å². The molecule has 0 aliphatic carbocycles. The molecule has 21 heavy (non-hydrogen) atoms. The summed E-state index contributed by atoms with van der Waals surface area (Å²) in [7, 11) is -4.81. The Morgan fingerprint density at radius 1 is 1.43 bits per heavy atom. The minimum atomic E-state index is -4.81. The van der Waals surface area contributed by atoms with Crippen LogP contribution in [-0.2, 0) is 19.4 Å². The molecule has 0 rings (SSSR count). The van der Waals surface area contributed by atoms with Crippen molar-refractivity contribution in [2.24, 2.45) is 5.92 Å². The van der Waals surface area contributed by atoms with Crippen molar-refractivity contribution in [3.8, 4) is 0 Å². The molecule has 3 unspecified atom stereocenters. The maximum Gasteiger partial charge on any atom is 0.246 e. The molecule has 8 heteroatoms. The van der Waals surface area contributed by atoms with Crippen LogP contribution in [0.25, 0.3) is 0 Å². The average Bonchev–Trinajstić information content (AvgIpc) is 2.32. The second-order valence-corrected chi connectivity index (χ2v) is 6.20. The lowest BCUT2D eigenvalue weighted by Crippen LogP contribution is -2.50. The Morgan fingerprint density at radius 2 is 1.90 bits per heavy atom. The van der Waals surface area contributed by atoms with Crippen LogP contribution < -0.4 is 11.5 Å². The fourth-order valence-electron chi connectivity index (χ4n) is 1.99. The summed E-state index contributed by atoms with van der Waals surface area (Å²) >= 11 is 0. The second-order valence-electron chi connectivity index (χ2n) is 5.22. The van der Waals surface area contributed by atoms with Gasteiger partial charge in [-0.1, -0.05) is 27.4 Å². The summed E-state index contributed by atoms with van der Waals surface area (Å²) in [6.45, 7) is 12.0. The number of carbonyl (C=O) groups is 1. The largest absolute Gasteiger partial charge is 0.726 e. The summed E-state index contributed by atoms with van der Waals surface area (Å²) in [5.41, 5.74) is -0.796. The van der Waals surface area contributed by atoms with Gasteiger partial charge in [-0.3, -0.25) is 8.98 Å². The zero-order valence-corrected chi connectivity index (χ0v) is 14.5. The summed E-state index contributed by atoms with van der Waals surface area (Å²) in [6, 6.07) is -0.314. The Morgan fingerprint density at radius 3 is 2.19 bits per heavy atom. The van der Waals surface area contributed by atoms with Gasteiger partial charge in [0.2, 0.25) is 16.3 Å². The van der Waals surface area contributed by atoms with Crippen LogP contribution in [0.2, 0.25) is 0 Å². The number of nitrogens with one attached hydrogen (secondary N) is 1. The highest BCUT2D eigenvalue weighted by atomic mass is 32.3. The molecule has 5 N–H and O–H groups in total. The predicted molar refractivity (Wildman–Crippen MR) is 81.7 cm³/mol. The third-order valence-electron chi connectivity index (χ3n) is 3.71. The van der Waals surface area contributed by atoms with E-state index in [0.29, 0.717) is 18.4 Å². The third-order valence-corrected chi connectivity index (χ3v) is 4.29. The van der Waals surface area contributed by atoms with Gasteiger partial charge in [0.1, 0.15) is 0 Å². The predicted octanol–water partition coefficient (Wildman–Crippen LogP) is 2.12. The fourth-order valence-corrected chi connectivity index (χ4v) is 2.72. The van der Waals surface area contributed by atoms with Gasteiger partial charge in [0.05, 0.1) is 5.60 Å². The zero-order valence-electron chi connectivity index (χ0n) is 13.7. The topological polar surface area (TPSA) is 132 Å². The molecule has 0 aromatic heterocycles. The number of rotatable bonds is 8. The number of hydrogen-bond acceptors (Lipinski definition) is 5. The molecule has 0 aromatic rings. The second kappa shape index (κ2) is 8.47. The van der Waals surface area contributed by atoms with Gasteiger partial charge in [-0.15, -0.1) is 0 Å². The third kappa shape index (κ3) is 7.03. The molecule has 7 nitrogen and oxygen atoms in total. The molecule has 126 valence electrons. The molecule has 0 heterocycles. The van der Waals surface area contributed by atoms with E-state index in [9.17, 15) is 17.8 Å². The molecule has 0 bridgehead atoms. The van der Waals surface area contributed by atoms with Gasteiger partial charge >= 0.3 is 0 Å². The zero-order chi connectivity index (χ0) is 16.1. The van der Waals surface area contributed by atoms with Crippen molar-refractivity contribution in [1.82, 2.24) is 11.5 Å². The number of carbonyl (C=O) groups excluding carboxylic acids is 1. The lowest BCUT2D eigenvalue weighted by molar-refractivity contribution is -0.119. The van der Waals surface area contributed by atoms with Gasteiger partial charge in [0.25, 0.3) is 0 Å². The molecule has 0 saturated heterocycles. The molecule has 0 aliphatic rings. The van der Waals surface area contributed by atoms with E-state index in [0.717, 1.165) is 0 Å². The lowest BCUT2D eigenvalue weighted by atomic mass is 9.82. The highest BCUT2D eigenvalue weighted by molar-refractivity contribution is 7.80. The SMILES string of the molecule is C=C(C)C(=O)NC(CC)C(C)C(C)(CC)OS(=O)(=O)[O-].[NH4+]. The summed E-state index contributed by atoms with van der Waals surface area (Å²) in [5, 5.41) is 2.78. The average molecular weight is 324 g/mol. The fraction of sp³-hybridized carbons (Fsp3) is 0.769. The molecular formula is C13H28N2O5S. The summed E-state index contributed by atoms with van der Waals surface area (Å²) < 4.78 is 37.3. The van der Waals surface area contributed by atoms with Crippen molar-refractivity contribution >= 4 is 16.3 Å². The first-order valence-corrected chi connectivity index (χ1v) is 7.93. The molecule has 3 atom stereocenters. The Balaban J connectivity index is 0. The van der Waals surface area contributed by atoms with E-state index in [2.05, 4.69) is 11.9 Å². The molecule has 0 radical (unpaired) electrons. The normalized spacial score (nSPS) is 17.0. The smallest absolute Gasteiger partial charge is 0.246 e. The lowest BCUT2D eigenvalue weighted by Gasteiger charge is -2.39. The Labute approximate surface area is 127 Å². The standard InChI is InChI=1S/C13H25NO5S.H3N/c1-7-11(14-12(15)9(3)4)10(5)13(6,8-2)19-20(16,17)18;/h10-11H,3,7-8H2,1-2,4-6H3,(H,14,15)(H,16,17,18);1H3. The molecule has 0 aliphatic heterocycles. The van der Waals surface area contributed by atoms with Crippen molar-refractivity contribution in [2.75, 3.05) is 0 Å². The van der Waals surface area contributed by atoms with E-state index in [1.54, 1.807) is 27.7 Å². The van der Waals surface area contributed by atoms with E-state index in [1.165, 1.54) is 0 Å². The Kier molecular flexibility index (Phi) is 9.01. The summed E-state index contributed by atoms with van der Waals surface area (Å²) in [5.74, 6) is -0.656. The van der Waals surface area contributed by atoms with Gasteiger partial charge in [0, 0.05) is 17.5 Å². The van der Waals surface area contributed by atoms with Crippen molar-refractivity contribution in [2.45, 2.75) is 59.1 Å². The van der Waals surface area contributed by atoms with E-state index < -0.39 is 16.0 Å². The van der Waals surface area contributed by atoms with E-state index >= 15 is 0 Å². The van der Waals surface area contributed by atoms with Crippen molar-refractivity contribution < 1.29 is 21.9 Å². The first kappa shape index (κ1) is 22.3. The van der Waals surface area contributed by atoms with Crippen LogP contribution in [-0.4, -0.2) is 30.5 Å². The maximum atomic E-state index is 11.7. The summed E-state index contributed by atoms with van der Waals surface area (Å²) in [6.07, 6.45) is 0.910. The first-order chi connectivity index (χ1) is 8.96. The highest BCUT2D eigenvalue weighted by Gasteiger charge is 2.37. The summed E-state index contributed by atoms with van der Waals surface area (Å²) in [4.78, 5) is 11.7. The van der Waals surface area contributed by atoms with E-state index in [1.807, 2.05) is 6.92 Å². The number of hydrogen-bond donors (Lipinski definition) is 2. The van der Waals surface area contributed by atoms with Gasteiger partial charge < -0.3 is 16.0 Å². The van der Waals surface area contributed by atoms with Gasteiger partial charge in [-0.2, -0.15) is 0 Å². The molecule has 0 aromatic carbocycles. The highest BCUT2D eigenvalue weighted by Crippen LogP contribution is 2.30. The van der Waals surface area contributed by atoms with Crippen molar-refractivity contribution in [1.29, 1.82) is 0 Å². The van der Waals surface area contributed by atoms with Crippen LogP contribution in [0.1, 0.15) is 47.5 Å². The van der Waals surface area contributed by atoms with Crippen molar-refractivity contribution in [3.05, 3.63) is 12.2 Å². The molecular weight excluding hydrogens is 296 g/mol. The first-order valence-electron chi connectivity index (χ1n) is 6.59. The number of quaternary nitrogens is 1. The quantitative estimate of drug-likeness (QED) is 0.401. The van der Waals surface area contributed by atoms with Crippen LogP contribution in [0.4, 0.5) is 0 Å². The van der Waals surface area contributed by atoms with Gasteiger partial charge in [0.15, 0.2) is 0 Å². The molecule has 0 spiro atoms. The van der Waals surface area contributed by atoms with E-state index in [-0.39, 0.29) is 24.0 Å². The molecule has 0 fully saturated rings. The van der Waals surface area contributed by atoms with Crippen LogP contribution in [0, 0.1) is 5.92 Å². The van der Waals surface area contributed by atoms with Crippen LogP contribution in [0.3, 0.4) is 0 Å². The van der Waals surface area contributed by atoms with Crippen LogP contribution in [0.5, 0.6) is 0 Å². The van der Waals surface area contributed by atoms with E-state index in [4.69, 9.17) is 4.18 Å². The minimum Gasteiger partial charge on any atom is -0.726 e. The maximum absolute atomic E-state index is 11.7. The molecule has 1 amide bonds. The Bertz CT molecular complexity index is 463. The monoisotopic (exact) mass is 324 g/mol.